The molecule has 1 atom stereocenters. The summed E-state index contributed by atoms with van der Waals surface area (Å²) < 4.78 is 5.84. The van der Waals surface area contributed by atoms with Crippen LogP contribution in [0.1, 0.15) is 28.2 Å². The quantitative estimate of drug-likeness (QED) is 0.874. The third-order valence-electron chi connectivity index (χ3n) is 3.46. The molecule has 2 aromatic heterocycles. The Balaban J connectivity index is 1.63. The average Bonchev–Trinajstić information content (AvgIpc) is 3.03. The second-order valence-corrected chi connectivity index (χ2v) is 6.07. The lowest BCUT2D eigenvalue weighted by Crippen LogP contribution is -2.44. The molecule has 0 N–H and O–H groups in total. The summed E-state index contributed by atoms with van der Waals surface area (Å²) in [6, 6.07) is 7.46. The number of aryl methyl sites for hydroxylation is 1. The lowest BCUT2D eigenvalue weighted by atomic mass is 10.1. The Kier molecular flexibility index (Phi) is 4.15. The Morgan fingerprint density at radius 3 is 3.00 bits per heavy atom. The zero-order chi connectivity index (χ0) is 14.7. The molecule has 0 spiro atoms. The van der Waals surface area contributed by atoms with Crippen molar-refractivity contribution < 1.29 is 9.53 Å². The van der Waals surface area contributed by atoms with Gasteiger partial charge in [-0.15, -0.1) is 16.4 Å². The molecule has 0 bridgehead atoms. The van der Waals surface area contributed by atoms with Crippen molar-refractivity contribution in [3.05, 3.63) is 40.2 Å². The van der Waals surface area contributed by atoms with Crippen molar-refractivity contribution in [2.24, 2.45) is 0 Å². The molecule has 0 aliphatic carbocycles. The maximum Gasteiger partial charge on any atom is 0.264 e. The largest absolute Gasteiger partial charge is 0.471 e. The molecule has 0 unspecified atom stereocenters. The van der Waals surface area contributed by atoms with E-state index in [0.717, 1.165) is 30.0 Å². The van der Waals surface area contributed by atoms with E-state index in [0.29, 0.717) is 12.4 Å². The topological polar surface area (TPSA) is 55.3 Å². The number of thiophene rings is 1. The van der Waals surface area contributed by atoms with Crippen molar-refractivity contribution in [1.29, 1.82) is 0 Å². The van der Waals surface area contributed by atoms with Crippen molar-refractivity contribution in [1.82, 2.24) is 15.1 Å². The van der Waals surface area contributed by atoms with Crippen LogP contribution >= 0.6 is 11.3 Å². The van der Waals surface area contributed by atoms with Crippen molar-refractivity contribution in [2.45, 2.75) is 25.9 Å². The van der Waals surface area contributed by atoms with Crippen LogP contribution in [0.15, 0.2) is 29.6 Å². The van der Waals surface area contributed by atoms with Gasteiger partial charge in [0.25, 0.3) is 5.91 Å². The van der Waals surface area contributed by atoms with Crippen LogP contribution in [0, 0.1) is 6.92 Å². The van der Waals surface area contributed by atoms with Gasteiger partial charge in [-0.05, 0) is 37.3 Å². The fourth-order valence-electron chi connectivity index (χ4n) is 2.40. The molecule has 1 amide bonds. The first-order valence-electron chi connectivity index (χ1n) is 7.02. The molecule has 3 rings (SSSR count). The Morgan fingerprint density at radius 1 is 1.38 bits per heavy atom. The molecule has 110 valence electrons. The van der Waals surface area contributed by atoms with E-state index in [1.54, 1.807) is 0 Å². The summed E-state index contributed by atoms with van der Waals surface area (Å²) in [4.78, 5) is 15.0. The highest BCUT2D eigenvalue weighted by atomic mass is 32.1. The van der Waals surface area contributed by atoms with Crippen molar-refractivity contribution >= 4 is 17.2 Å². The van der Waals surface area contributed by atoms with Crippen LogP contribution in [0.2, 0.25) is 0 Å². The lowest BCUT2D eigenvalue weighted by molar-refractivity contribution is 0.0530. The molecule has 1 aliphatic heterocycles. The predicted molar refractivity (Wildman–Crippen MR) is 80.6 cm³/mol. The van der Waals surface area contributed by atoms with Crippen molar-refractivity contribution in [2.75, 3.05) is 13.1 Å². The monoisotopic (exact) mass is 303 g/mol. The molecule has 5 nitrogen and oxygen atoms in total. The number of ether oxygens (including phenoxy) is 1. The molecule has 1 aliphatic rings. The van der Waals surface area contributed by atoms with E-state index in [1.807, 2.05) is 41.5 Å². The van der Waals surface area contributed by atoms with E-state index in [-0.39, 0.29) is 12.0 Å². The van der Waals surface area contributed by atoms with Gasteiger partial charge in [0.2, 0.25) is 5.88 Å². The van der Waals surface area contributed by atoms with Crippen LogP contribution in [0.3, 0.4) is 0 Å². The SMILES string of the molecule is Cc1ccc(O[C@@H]2CCCN(C(=O)c3cccs3)C2)nn1. The number of amides is 1. The highest BCUT2D eigenvalue weighted by Gasteiger charge is 2.26. The van der Waals surface area contributed by atoms with Gasteiger partial charge >= 0.3 is 0 Å². The van der Waals surface area contributed by atoms with Crippen LogP contribution in [-0.2, 0) is 0 Å². The first kappa shape index (κ1) is 14.0. The second kappa shape index (κ2) is 6.22. The minimum atomic E-state index is -0.0142. The molecule has 2 aromatic rings. The molecule has 0 radical (unpaired) electrons. The summed E-state index contributed by atoms with van der Waals surface area (Å²) in [5, 5.41) is 9.93. The maximum atomic E-state index is 12.4. The van der Waals surface area contributed by atoms with Gasteiger partial charge in [0.1, 0.15) is 6.10 Å². The standard InChI is InChI=1S/C15H17N3O2S/c1-11-6-7-14(17-16-11)20-12-4-2-8-18(10-12)15(19)13-5-3-9-21-13/h3,5-7,9,12H,2,4,8,10H2,1H3/t12-/m1/s1. The molecule has 1 fully saturated rings. The number of hydrogen-bond acceptors (Lipinski definition) is 5. The molecule has 0 saturated carbocycles. The van der Waals surface area contributed by atoms with E-state index in [2.05, 4.69) is 10.2 Å². The van der Waals surface area contributed by atoms with E-state index in [9.17, 15) is 4.79 Å². The Bertz CT molecular complexity index is 598. The number of nitrogens with zero attached hydrogens (tertiary/aromatic N) is 3. The predicted octanol–water partition coefficient (Wildman–Crippen LogP) is 2.53. The molecule has 21 heavy (non-hydrogen) atoms. The Labute approximate surface area is 127 Å². The van der Waals surface area contributed by atoms with E-state index in [4.69, 9.17) is 4.74 Å². The number of piperidine rings is 1. The van der Waals surface area contributed by atoms with Crippen LogP contribution in [0.4, 0.5) is 0 Å². The van der Waals surface area contributed by atoms with Gasteiger partial charge in [-0.1, -0.05) is 6.07 Å². The number of hydrogen-bond donors (Lipinski definition) is 0. The highest BCUT2D eigenvalue weighted by Crippen LogP contribution is 2.19. The minimum absolute atomic E-state index is 0.0142. The fourth-order valence-corrected chi connectivity index (χ4v) is 3.09. The molecule has 6 heteroatoms. The zero-order valence-electron chi connectivity index (χ0n) is 11.9. The van der Waals surface area contributed by atoms with Gasteiger partial charge in [-0.25, -0.2) is 0 Å². The number of carbonyl (C=O) groups is 1. The molecule has 3 heterocycles. The van der Waals surface area contributed by atoms with Crippen molar-refractivity contribution in [3.63, 3.8) is 0 Å². The van der Waals surface area contributed by atoms with Gasteiger partial charge in [0, 0.05) is 12.6 Å². The number of aromatic nitrogens is 2. The van der Waals surface area contributed by atoms with E-state index in [1.165, 1.54) is 11.3 Å². The first-order valence-corrected chi connectivity index (χ1v) is 7.90. The van der Waals surface area contributed by atoms with E-state index < -0.39 is 0 Å². The summed E-state index contributed by atoms with van der Waals surface area (Å²) in [6.07, 6.45) is 1.87. The van der Waals surface area contributed by atoms with Gasteiger partial charge in [-0.2, -0.15) is 5.10 Å². The minimum Gasteiger partial charge on any atom is -0.471 e. The van der Waals surface area contributed by atoms with Crippen molar-refractivity contribution in [3.8, 4) is 5.88 Å². The lowest BCUT2D eigenvalue weighted by Gasteiger charge is -2.32. The van der Waals surface area contributed by atoms with Gasteiger partial charge in [0.05, 0.1) is 17.1 Å². The Hall–Kier alpha value is -1.95. The Morgan fingerprint density at radius 2 is 2.29 bits per heavy atom. The average molecular weight is 303 g/mol. The highest BCUT2D eigenvalue weighted by molar-refractivity contribution is 7.12. The number of rotatable bonds is 3. The summed E-state index contributed by atoms with van der Waals surface area (Å²) in [5.74, 6) is 0.615. The summed E-state index contributed by atoms with van der Waals surface area (Å²) in [5.41, 5.74) is 0.862. The summed E-state index contributed by atoms with van der Waals surface area (Å²) in [7, 11) is 0. The van der Waals surface area contributed by atoms with Crippen LogP contribution in [0.5, 0.6) is 5.88 Å². The molecular weight excluding hydrogens is 286 g/mol. The fraction of sp³-hybridized carbons (Fsp3) is 0.400. The molecular formula is C15H17N3O2S. The first-order chi connectivity index (χ1) is 10.2. The second-order valence-electron chi connectivity index (χ2n) is 5.12. The molecule has 1 saturated heterocycles. The smallest absolute Gasteiger partial charge is 0.264 e. The van der Waals surface area contributed by atoms with E-state index >= 15 is 0 Å². The third-order valence-corrected chi connectivity index (χ3v) is 4.32. The number of carbonyl (C=O) groups excluding carboxylic acids is 1. The van der Waals surface area contributed by atoms with Crippen LogP contribution in [-0.4, -0.2) is 40.2 Å². The van der Waals surface area contributed by atoms with Gasteiger partial charge in [-0.3, -0.25) is 4.79 Å². The van der Waals surface area contributed by atoms with Crippen LogP contribution < -0.4 is 4.74 Å². The molecule has 0 aromatic carbocycles. The van der Waals surface area contributed by atoms with Gasteiger partial charge in [0.15, 0.2) is 0 Å². The summed E-state index contributed by atoms with van der Waals surface area (Å²) >= 11 is 1.48. The van der Waals surface area contributed by atoms with Crippen LogP contribution in [0.25, 0.3) is 0 Å². The number of likely N-dealkylation sites (tertiary alicyclic amines) is 1. The van der Waals surface area contributed by atoms with Gasteiger partial charge < -0.3 is 9.64 Å². The normalized spacial score (nSPS) is 18.5. The maximum absolute atomic E-state index is 12.4. The zero-order valence-corrected chi connectivity index (χ0v) is 12.7. The summed E-state index contributed by atoms with van der Waals surface area (Å²) in [6.45, 7) is 3.28. The third kappa shape index (κ3) is 3.39.